The zero-order chi connectivity index (χ0) is 21.8. The Hall–Kier alpha value is -2.91. The van der Waals surface area contributed by atoms with E-state index in [9.17, 15) is 18.0 Å². The number of hydrogen-bond acceptors (Lipinski definition) is 5. The third-order valence-corrected chi connectivity index (χ3v) is 6.03. The monoisotopic (exact) mass is 419 g/mol. The number of benzene rings is 2. The molecule has 0 radical (unpaired) electrons. The van der Waals surface area contributed by atoms with Crippen molar-refractivity contribution in [1.29, 1.82) is 0 Å². The van der Waals surface area contributed by atoms with E-state index in [0.717, 1.165) is 19.7 Å². The molecule has 0 aliphatic heterocycles. The molecule has 9 heteroatoms. The van der Waals surface area contributed by atoms with E-state index in [1.807, 2.05) is 13.0 Å². The summed E-state index contributed by atoms with van der Waals surface area (Å²) in [6, 6.07) is 11.6. The molecule has 0 atom stereocenters. The van der Waals surface area contributed by atoms with Crippen LogP contribution in [0.15, 0.2) is 42.5 Å². The summed E-state index contributed by atoms with van der Waals surface area (Å²) in [6.45, 7) is 3.21. The molecule has 2 aromatic rings. The van der Waals surface area contributed by atoms with Gasteiger partial charge in [-0.25, -0.2) is 9.10 Å². The summed E-state index contributed by atoms with van der Waals surface area (Å²) in [5.74, 6) is -1.08. The third kappa shape index (κ3) is 5.33. The number of methoxy groups -OCH3 is 1. The van der Waals surface area contributed by atoms with Gasteiger partial charge in [0.05, 0.1) is 18.4 Å². The van der Waals surface area contributed by atoms with Gasteiger partial charge in [-0.2, -0.15) is 12.7 Å². The highest BCUT2D eigenvalue weighted by Crippen LogP contribution is 2.25. The van der Waals surface area contributed by atoms with Crippen LogP contribution in [0.3, 0.4) is 0 Å². The van der Waals surface area contributed by atoms with Gasteiger partial charge in [-0.1, -0.05) is 18.2 Å². The molecule has 0 aliphatic carbocycles. The number of carbonyl (C=O) groups is 2. The first-order chi connectivity index (χ1) is 13.6. The Morgan fingerprint density at radius 3 is 2.38 bits per heavy atom. The van der Waals surface area contributed by atoms with Gasteiger partial charge >= 0.3 is 16.2 Å². The molecule has 1 N–H and O–H groups in total. The van der Waals surface area contributed by atoms with Crippen molar-refractivity contribution in [2.24, 2.45) is 0 Å². The lowest BCUT2D eigenvalue weighted by Crippen LogP contribution is -2.44. The maximum atomic E-state index is 12.9. The van der Waals surface area contributed by atoms with E-state index < -0.39 is 28.6 Å². The average molecular weight is 420 g/mol. The molecule has 8 nitrogen and oxygen atoms in total. The highest BCUT2D eigenvalue weighted by molar-refractivity contribution is 7.90. The Balaban J connectivity index is 2.33. The summed E-state index contributed by atoms with van der Waals surface area (Å²) in [4.78, 5) is 24.3. The normalized spacial score (nSPS) is 11.2. The van der Waals surface area contributed by atoms with Crippen molar-refractivity contribution < 1.29 is 22.7 Å². The van der Waals surface area contributed by atoms with Crippen LogP contribution in [0.1, 0.15) is 21.5 Å². The van der Waals surface area contributed by atoms with Crippen LogP contribution in [0.5, 0.6) is 0 Å². The predicted molar refractivity (Wildman–Crippen MR) is 112 cm³/mol. The van der Waals surface area contributed by atoms with Crippen molar-refractivity contribution in [2.45, 2.75) is 13.8 Å². The Morgan fingerprint density at radius 1 is 1.07 bits per heavy atom. The minimum atomic E-state index is -3.91. The van der Waals surface area contributed by atoms with E-state index in [-0.39, 0.29) is 5.56 Å². The highest BCUT2D eigenvalue weighted by atomic mass is 32.2. The fraction of sp³-hybridized carbons (Fsp3) is 0.300. The molecule has 0 fully saturated rings. The molecule has 0 saturated carbocycles. The van der Waals surface area contributed by atoms with Crippen LogP contribution < -0.4 is 9.62 Å². The summed E-state index contributed by atoms with van der Waals surface area (Å²) in [5.41, 5.74) is 2.66. The molecular formula is C20H25N3O5S. The highest BCUT2D eigenvalue weighted by Gasteiger charge is 2.28. The maximum Gasteiger partial charge on any atom is 0.337 e. The molecule has 29 heavy (non-hydrogen) atoms. The van der Waals surface area contributed by atoms with Gasteiger partial charge in [0.2, 0.25) is 5.91 Å². The van der Waals surface area contributed by atoms with Crippen LogP contribution in [0.25, 0.3) is 0 Å². The number of hydrogen-bond donors (Lipinski definition) is 1. The quantitative estimate of drug-likeness (QED) is 0.695. The lowest BCUT2D eigenvalue weighted by molar-refractivity contribution is -0.114. The van der Waals surface area contributed by atoms with E-state index >= 15 is 0 Å². The molecule has 0 heterocycles. The van der Waals surface area contributed by atoms with Crippen molar-refractivity contribution in [3.05, 3.63) is 59.2 Å². The minimum absolute atomic E-state index is 0.276. The fourth-order valence-electron chi connectivity index (χ4n) is 2.65. The van der Waals surface area contributed by atoms with Crippen molar-refractivity contribution in [1.82, 2.24) is 4.31 Å². The topological polar surface area (TPSA) is 96.0 Å². The summed E-state index contributed by atoms with van der Waals surface area (Å²) in [5, 5.41) is 2.64. The van der Waals surface area contributed by atoms with Gasteiger partial charge in [0, 0.05) is 19.8 Å². The second kappa shape index (κ2) is 9.06. The van der Waals surface area contributed by atoms with Crippen molar-refractivity contribution in [3.63, 3.8) is 0 Å². The van der Waals surface area contributed by atoms with Gasteiger partial charge < -0.3 is 10.1 Å². The first-order valence-electron chi connectivity index (χ1n) is 8.82. The molecule has 2 rings (SSSR count). The lowest BCUT2D eigenvalue weighted by atomic mass is 10.1. The number of aryl methyl sites for hydroxylation is 2. The number of carbonyl (C=O) groups excluding carboxylic acids is 2. The minimum Gasteiger partial charge on any atom is -0.465 e. The molecule has 0 aromatic heterocycles. The molecular weight excluding hydrogens is 394 g/mol. The second-order valence-electron chi connectivity index (χ2n) is 6.71. The first-order valence-corrected chi connectivity index (χ1v) is 10.2. The van der Waals surface area contributed by atoms with Crippen molar-refractivity contribution in [3.8, 4) is 0 Å². The van der Waals surface area contributed by atoms with E-state index in [1.54, 1.807) is 37.3 Å². The molecule has 0 aliphatic rings. The summed E-state index contributed by atoms with van der Waals surface area (Å²) >= 11 is 0. The summed E-state index contributed by atoms with van der Waals surface area (Å²) in [7, 11) is 0.169. The van der Waals surface area contributed by atoms with E-state index in [2.05, 4.69) is 10.1 Å². The van der Waals surface area contributed by atoms with Crippen LogP contribution >= 0.6 is 0 Å². The number of nitrogens with one attached hydrogen (secondary N) is 1. The van der Waals surface area contributed by atoms with Gasteiger partial charge in [0.15, 0.2) is 0 Å². The van der Waals surface area contributed by atoms with Gasteiger partial charge in [-0.15, -0.1) is 0 Å². The number of amides is 1. The van der Waals surface area contributed by atoms with Crippen LogP contribution in [0.2, 0.25) is 0 Å². The van der Waals surface area contributed by atoms with Gasteiger partial charge in [-0.05, 0) is 49.2 Å². The van der Waals surface area contributed by atoms with Gasteiger partial charge in [0.25, 0.3) is 0 Å². The SMILES string of the molecule is COC(=O)c1cccc(NC(=O)CN(c2cc(C)ccc2C)S(=O)(=O)N(C)C)c1. The molecule has 0 saturated heterocycles. The average Bonchev–Trinajstić information content (AvgIpc) is 2.67. The van der Waals surface area contributed by atoms with E-state index in [4.69, 9.17) is 0 Å². The van der Waals surface area contributed by atoms with Crippen LogP contribution in [0, 0.1) is 13.8 Å². The van der Waals surface area contributed by atoms with Crippen LogP contribution in [-0.4, -0.2) is 52.3 Å². The zero-order valence-electron chi connectivity index (χ0n) is 17.1. The molecule has 0 bridgehead atoms. The molecule has 0 unspecified atom stereocenters. The number of esters is 1. The maximum absolute atomic E-state index is 12.9. The number of ether oxygens (including phenoxy) is 1. The van der Waals surface area contributed by atoms with Crippen LogP contribution in [0.4, 0.5) is 11.4 Å². The fourth-order valence-corrected chi connectivity index (χ4v) is 3.77. The molecule has 1 amide bonds. The Kier molecular flexibility index (Phi) is 6.99. The Morgan fingerprint density at radius 2 is 1.76 bits per heavy atom. The smallest absolute Gasteiger partial charge is 0.337 e. The summed E-state index contributed by atoms with van der Waals surface area (Å²) < 4.78 is 32.5. The van der Waals surface area contributed by atoms with Crippen molar-refractivity contribution in [2.75, 3.05) is 37.4 Å². The van der Waals surface area contributed by atoms with E-state index in [1.165, 1.54) is 27.3 Å². The van der Waals surface area contributed by atoms with Crippen molar-refractivity contribution >= 4 is 33.5 Å². The zero-order valence-corrected chi connectivity index (χ0v) is 17.9. The predicted octanol–water partition coefficient (Wildman–Crippen LogP) is 2.34. The third-order valence-electron chi connectivity index (χ3n) is 4.23. The Labute approximate surface area is 171 Å². The number of rotatable bonds is 7. The number of nitrogens with zero attached hydrogens (tertiary/aromatic N) is 2. The standard InChI is InChI=1S/C20H25N3O5S/c1-14-9-10-15(2)18(11-14)23(29(26,27)22(3)4)13-19(24)21-17-8-6-7-16(12-17)20(25)28-5/h6-12H,13H2,1-5H3,(H,21,24). The molecule has 0 spiro atoms. The van der Waals surface area contributed by atoms with E-state index in [0.29, 0.717) is 11.4 Å². The second-order valence-corrected chi connectivity index (χ2v) is 8.77. The Bertz CT molecular complexity index is 1020. The van der Waals surface area contributed by atoms with Gasteiger partial charge in [0.1, 0.15) is 6.54 Å². The molecule has 156 valence electrons. The van der Waals surface area contributed by atoms with Gasteiger partial charge in [-0.3, -0.25) is 4.79 Å². The number of anilines is 2. The van der Waals surface area contributed by atoms with Crippen LogP contribution in [-0.2, 0) is 19.7 Å². The molecule has 2 aromatic carbocycles. The first kappa shape index (κ1) is 22.4. The largest absolute Gasteiger partial charge is 0.465 e. The summed E-state index contributed by atoms with van der Waals surface area (Å²) in [6.07, 6.45) is 0. The lowest BCUT2D eigenvalue weighted by Gasteiger charge is -2.28.